The number of benzene rings is 2. The van der Waals surface area contributed by atoms with E-state index in [9.17, 15) is 22.4 Å². The first-order chi connectivity index (χ1) is 11.9. The van der Waals surface area contributed by atoms with Crippen molar-refractivity contribution in [3.8, 4) is 0 Å². The molecule has 0 aromatic heterocycles. The maximum absolute atomic E-state index is 13.1. The van der Waals surface area contributed by atoms with Gasteiger partial charge in [0.25, 0.3) is 0 Å². The third-order valence-corrected chi connectivity index (χ3v) is 3.19. The average Bonchev–Trinajstić information content (AvgIpc) is 2.57. The summed E-state index contributed by atoms with van der Waals surface area (Å²) < 4.78 is 56.6. The highest BCUT2D eigenvalue weighted by Crippen LogP contribution is 2.32. The van der Waals surface area contributed by atoms with E-state index in [4.69, 9.17) is 4.74 Å². The van der Waals surface area contributed by atoms with E-state index in [1.54, 1.807) is 24.3 Å². The summed E-state index contributed by atoms with van der Waals surface area (Å²) in [5.74, 6) is -0.775. The van der Waals surface area contributed by atoms with Crippen molar-refractivity contribution in [1.82, 2.24) is 5.32 Å². The smallest absolute Gasteiger partial charge is 0.416 e. The highest BCUT2D eigenvalue weighted by Gasteiger charge is 2.32. The van der Waals surface area contributed by atoms with E-state index in [0.717, 1.165) is 23.8 Å². The van der Waals surface area contributed by atoms with Crippen molar-refractivity contribution in [2.24, 2.45) is 0 Å². The van der Waals surface area contributed by atoms with Crippen LogP contribution in [-0.2, 0) is 17.5 Å². The second-order valence-corrected chi connectivity index (χ2v) is 5.07. The van der Waals surface area contributed by atoms with E-state index in [1.807, 2.05) is 6.07 Å². The Balaban J connectivity index is 1.87. The molecule has 0 radical (unpaired) electrons. The van der Waals surface area contributed by atoms with Gasteiger partial charge in [0, 0.05) is 6.54 Å². The third kappa shape index (κ3) is 5.95. The minimum Gasteiger partial charge on any atom is -0.445 e. The topological polar surface area (TPSA) is 38.3 Å². The number of alkyl halides is 3. The zero-order valence-corrected chi connectivity index (χ0v) is 13.0. The summed E-state index contributed by atoms with van der Waals surface area (Å²) in [6, 6.07) is 11.2. The summed E-state index contributed by atoms with van der Waals surface area (Å²) >= 11 is 0. The van der Waals surface area contributed by atoms with Crippen LogP contribution in [0.2, 0.25) is 0 Å². The Hall–Kier alpha value is -2.83. The van der Waals surface area contributed by atoms with E-state index in [0.29, 0.717) is 6.07 Å². The maximum Gasteiger partial charge on any atom is 0.416 e. The van der Waals surface area contributed by atoms with E-state index in [-0.39, 0.29) is 18.7 Å². The normalized spacial score (nSPS) is 11.5. The van der Waals surface area contributed by atoms with Crippen molar-refractivity contribution in [1.29, 1.82) is 0 Å². The first-order valence-electron chi connectivity index (χ1n) is 7.34. The first kappa shape index (κ1) is 18.5. The molecule has 0 bridgehead atoms. The Kier molecular flexibility index (Phi) is 6.16. The van der Waals surface area contributed by atoms with Gasteiger partial charge in [0.05, 0.1) is 5.56 Å². The Morgan fingerprint density at radius 1 is 1.12 bits per heavy atom. The Morgan fingerprint density at radius 2 is 1.84 bits per heavy atom. The summed E-state index contributed by atoms with van der Waals surface area (Å²) in [6.07, 6.45) is -2.91. The molecule has 1 amide bonds. The molecule has 0 aliphatic heterocycles. The van der Waals surface area contributed by atoms with Crippen LogP contribution in [0.15, 0.2) is 54.6 Å². The number of carbonyl (C=O) groups excluding carboxylic acids is 1. The molecule has 0 unspecified atom stereocenters. The lowest BCUT2D eigenvalue weighted by molar-refractivity contribution is -0.137. The molecule has 3 nitrogen and oxygen atoms in total. The van der Waals surface area contributed by atoms with Gasteiger partial charge in [-0.1, -0.05) is 42.5 Å². The van der Waals surface area contributed by atoms with Gasteiger partial charge in [0.1, 0.15) is 12.4 Å². The number of carbonyl (C=O) groups is 1. The van der Waals surface area contributed by atoms with Crippen LogP contribution in [-0.4, -0.2) is 12.6 Å². The van der Waals surface area contributed by atoms with Crippen LogP contribution >= 0.6 is 0 Å². The molecule has 0 saturated heterocycles. The third-order valence-electron chi connectivity index (χ3n) is 3.19. The van der Waals surface area contributed by atoms with Gasteiger partial charge in [-0.2, -0.15) is 13.2 Å². The number of alkyl carbamates (subject to hydrolysis) is 1. The fourth-order valence-electron chi connectivity index (χ4n) is 2.03. The number of amides is 1. The molecule has 0 atom stereocenters. The summed E-state index contributed by atoms with van der Waals surface area (Å²) in [7, 11) is 0. The van der Waals surface area contributed by atoms with Crippen LogP contribution in [0, 0.1) is 5.82 Å². The predicted octanol–water partition coefficient (Wildman–Crippen LogP) is 4.78. The Bertz CT molecular complexity index is 742. The quantitative estimate of drug-likeness (QED) is 0.786. The minimum absolute atomic E-state index is 0.0541. The number of hydrogen-bond donors (Lipinski definition) is 1. The molecular weight excluding hydrogens is 338 g/mol. The molecule has 0 aliphatic carbocycles. The highest BCUT2D eigenvalue weighted by atomic mass is 19.4. The summed E-state index contributed by atoms with van der Waals surface area (Å²) in [6.45, 7) is 0.0277. The predicted molar refractivity (Wildman–Crippen MR) is 85.1 cm³/mol. The lowest BCUT2D eigenvalue weighted by Gasteiger charge is -2.10. The molecule has 0 fully saturated rings. The van der Waals surface area contributed by atoms with Crippen LogP contribution < -0.4 is 5.32 Å². The van der Waals surface area contributed by atoms with E-state index < -0.39 is 23.7 Å². The van der Waals surface area contributed by atoms with Crippen LogP contribution in [0.4, 0.5) is 22.4 Å². The number of halogens is 4. The van der Waals surface area contributed by atoms with Crippen molar-refractivity contribution in [2.75, 3.05) is 6.54 Å². The van der Waals surface area contributed by atoms with Crippen molar-refractivity contribution in [3.05, 3.63) is 77.1 Å². The van der Waals surface area contributed by atoms with Gasteiger partial charge >= 0.3 is 12.3 Å². The molecule has 132 valence electrons. The van der Waals surface area contributed by atoms with Crippen LogP contribution in [0.1, 0.15) is 16.7 Å². The number of hydrogen-bond acceptors (Lipinski definition) is 2. The molecule has 0 saturated carbocycles. The highest BCUT2D eigenvalue weighted by molar-refractivity contribution is 5.67. The summed E-state index contributed by atoms with van der Waals surface area (Å²) in [5, 5.41) is 2.37. The lowest BCUT2D eigenvalue weighted by Crippen LogP contribution is -2.24. The lowest BCUT2D eigenvalue weighted by atomic mass is 10.1. The molecule has 2 aromatic carbocycles. The molecule has 0 heterocycles. The van der Waals surface area contributed by atoms with Crippen LogP contribution in [0.5, 0.6) is 0 Å². The van der Waals surface area contributed by atoms with E-state index in [1.165, 1.54) is 6.08 Å². The summed E-state index contributed by atoms with van der Waals surface area (Å²) in [4.78, 5) is 11.5. The Labute approximate surface area is 141 Å². The number of nitrogens with one attached hydrogen (secondary N) is 1. The molecule has 2 aromatic rings. The van der Waals surface area contributed by atoms with Crippen LogP contribution in [0.25, 0.3) is 6.08 Å². The minimum atomic E-state index is -4.59. The second kappa shape index (κ2) is 8.32. The van der Waals surface area contributed by atoms with Gasteiger partial charge in [0.15, 0.2) is 0 Å². The fraction of sp³-hybridized carbons (Fsp3) is 0.167. The molecule has 7 heteroatoms. The van der Waals surface area contributed by atoms with Crippen molar-refractivity contribution in [2.45, 2.75) is 12.8 Å². The zero-order valence-electron chi connectivity index (χ0n) is 13.0. The largest absolute Gasteiger partial charge is 0.445 e. The zero-order chi connectivity index (χ0) is 18.3. The average molecular weight is 353 g/mol. The molecule has 0 spiro atoms. The molecule has 0 aliphatic rings. The standard InChI is InChI=1S/C18H15F4NO2/c19-15-8-9-16(18(20,21)22)14(11-15)7-4-10-23-17(24)25-12-13-5-2-1-3-6-13/h1-9,11H,10,12H2,(H,23,24). The van der Waals surface area contributed by atoms with Crippen molar-refractivity contribution >= 4 is 12.2 Å². The SMILES string of the molecule is O=C(NCC=Cc1cc(F)ccc1C(F)(F)F)OCc1ccccc1. The van der Waals surface area contributed by atoms with Crippen molar-refractivity contribution in [3.63, 3.8) is 0 Å². The van der Waals surface area contributed by atoms with Crippen molar-refractivity contribution < 1.29 is 27.1 Å². The second-order valence-electron chi connectivity index (χ2n) is 5.07. The molecule has 1 N–H and O–H groups in total. The van der Waals surface area contributed by atoms with Gasteiger partial charge in [-0.05, 0) is 29.3 Å². The first-order valence-corrected chi connectivity index (χ1v) is 7.34. The molecule has 25 heavy (non-hydrogen) atoms. The summed E-state index contributed by atoms with van der Waals surface area (Å²) in [5.41, 5.74) is -0.452. The van der Waals surface area contributed by atoms with Gasteiger partial charge in [-0.25, -0.2) is 9.18 Å². The monoisotopic (exact) mass is 353 g/mol. The van der Waals surface area contributed by atoms with E-state index >= 15 is 0 Å². The fourth-order valence-corrected chi connectivity index (χ4v) is 2.03. The van der Waals surface area contributed by atoms with Gasteiger partial charge < -0.3 is 10.1 Å². The maximum atomic E-state index is 13.1. The van der Waals surface area contributed by atoms with Crippen LogP contribution in [0.3, 0.4) is 0 Å². The molecule has 2 rings (SSSR count). The number of rotatable bonds is 5. The van der Waals surface area contributed by atoms with E-state index in [2.05, 4.69) is 5.32 Å². The van der Waals surface area contributed by atoms with Gasteiger partial charge in [-0.3, -0.25) is 0 Å². The van der Waals surface area contributed by atoms with Gasteiger partial charge in [-0.15, -0.1) is 0 Å². The molecular formula is C18H15F4NO2. The number of ether oxygens (including phenoxy) is 1. The Morgan fingerprint density at radius 3 is 2.52 bits per heavy atom. The van der Waals surface area contributed by atoms with Gasteiger partial charge in [0.2, 0.25) is 0 Å².